The Morgan fingerprint density at radius 2 is 2.05 bits per heavy atom. The molecule has 0 aliphatic rings. The van der Waals surface area contributed by atoms with Gasteiger partial charge in [-0.3, -0.25) is 4.79 Å². The topological polar surface area (TPSA) is 44.9 Å². The molecule has 0 saturated heterocycles. The summed E-state index contributed by atoms with van der Waals surface area (Å²) in [6, 6.07) is 4.53. The highest BCUT2D eigenvalue weighted by Gasteiger charge is 2.14. The summed E-state index contributed by atoms with van der Waals surface area (Å²) in [5.74, 6) is -2.23. The van der Waals surface area contributed by atoms with Crippen LogP contribution in [0, 0.1) is 11.6 Å². The maximum Gasteiger partial charge on any atom is 0.268 e. The van der Waals surface area contributed by atoms with Crippen molar-refractivity contribution in [3.8, 4) is 0 Å². The number of halogens is 3. The molecule has 1 aromatic carbocycles. The van der Waals surface area contributed by atoms with Crippen LogP contribution in [0.15, 0.2) is 30.5 Å². The number of carbonyl (C=O) groups excluding carboxylic acids is 1. The molecular formula is C13H11ClF2N2O. The predicted molar refractivity (Wildman–Crippen MR) is 68.0 cm³/mol. The molecule has 2 rings (SSSR count). The van der Waals surface area contributed by atoms with Gasteiger partial charge in [-0.25, -0.2) is 8.78 Å². The van der Waals surface area contributed by atoms with E-state index in [1.165, 1.54) is 18.3 Å². The van der Waals surface area contributed by atoms with Crippen LogP contribution in [0.2, 0.25) is 5.02 Å². The van der Waals surface area contributed by atoms with Gasteiger partial charge in [-0.05, 0) is 30.7 Å². The molecule has 0 fully saturated rings. The number of hydrogen-bond acceptors (Lipinski definition) is 1. The smallest absolute Gasteiger partial charge is 0.268 e. The summed E-state index contributed by atoms with van der Waals surface area (Å²) in [5, 5.41) is 3.08. The Morgan fingerprint density at radius 1 is 1.32 bits per heavy atom. The second kappa shape index (κ2) is 5.40. The molecule has 1 unspecified atom stereocenters. The van der Waals surface area contributed by atoms with Crippen LogP contribution in [0.1, 0.15) is 29.0 Å². The zero-order chi connectivity index (χ0) is 14.0. The van der Waals surface area contributed by atoms with E-state index in [0.29, 0.717) is 16.3 Å². The van der Waals surface area contributed by atoms with E-state index >= 15 is 0 Å². The summed E-state index contributed by atoms with van der Waals surface area (Å²) < 4.78 is 25.9. The number of hydrogen-bond donors (Lipinski definition) is 2. The number of aromatic nitrogens is 1. The van der Waals surface area contributed by atoms with E-state index in [9.17, 15) is 13.6 Å². The van der Waals surface area contributed by atoms with Crippen LogP contribution >= 0.6 is 11.6 Å². The van der Waals surface area contributed by atoms with Gasteiger partial charge in [0.1, 0.15) is 5.69 Å². The van der Waals surface area contributed by atoms with Crippen molar-refractivity contribution in [3.63, 3.8) is 0 Å². The van der Waals surface area contributed by atoms with Gasteiger partial charge in [-0.15, -0.1) is 0 Å². The quantitative estimate of drug-likeness (QED) is 0.891. The number of rotatable bonds is 3. The Kier molecular flexibility index (Phi) is 3.85. The molecule has 100 valence electrons. The molecule has 0 saturated carbocycles. The van der Waals surface area contributed by atoms with Gasteiger partial charge in [0.2, 0.25) is 0 Å². The number of amides is 1. The fourth-order valence-electron chi connectivity index (χ4n) is 1.64. The molecule has 1 atom stereocenters. The van der Waals surface area contributed by atoms with Crippen molar-refractivity contribution in [2.24, 2.45) is 0 Å². The molecular weight excluding hydrogens is 274 g/mol. The molecule has 2 N–H and O–H groups in total. The van der Waals surface area contributed by atoms with Crippen molar-refractivity contribution in [1.29, 1.82) is 0 Å². The number of carbonyl (C=O) groups is 1. The molecule has 0 spiro atoms. The zero-order valence-electron chi connectivity index (χ0n) is 10.0. The third kappa shape index (κ3) is 3.12. The molecule has 1 aromatic heterocycles. The lowest BCUT2D eigenvalue weighted by molar-refractivity contribution is 0.0935. The van der Waals surface area contributed by atoms with Crippen LogP contribution in [0.5, 0.6) is 0 Å². The Labute approximate surface area is 113 Å². The molecule has 0 radical (unpaired) electrons. The Morgan fingerprint density at radius 3 is 2.63 bits per heavy atom. The second-order valence-electron chi connectivity index (χ2n) is 4.10. The Balaban J connectivity index is 2.10. The molecule has 0 aliphatic carbocycles. The molecule has 0 bridgehead atoms. The number of H-pyrrole nitrogens is 1. The molecule has 0 aliphatic heterocycles. The van der Waals surface area contributed by atoms with Crippen molar-refractivity contribution in [2.75, 3.05) is 0 Å². The fraction of sp³-hybridized carbons (Fsp3) is 0.154. The van der Waals surface area contributed by atoms with Crippen LogP contribution in [-0.2, 0) is 0 Å². The summed E-state index contributed by atoms with van der Waals surface area (Å²) >= 11 is 5.69. The fourth-order valence-corrected chi connectivity index (χ4v) is 1.80. The van der Waals surface area contributed by atoms with Gasteiger partial charge in [0.25, 0.3) is 5.91 Å². The maximum atomic E-state index is 13.1. The van der Waals surface area contributed by atoms with Crippen molar-refractivity contribution in [3.05, 3.63) is 58.4 Å². The second-order valence-corrected chi connectivity index (χ2v) is 4.54. The molecule has 1 amide bonds. The van der Waals surface area contributed by atoms with E-state index in [1.54, 1.807) is 6.92 Å². The van der Waals surface area contributed by atoms with Crippen LogP contribution in [0.4, 0.5) is 8.78 Å². The summed E-state index contributed by atoms with van der Waals surface area (Å²) in [6.45, 7) is 1.68. The maximum absolute atomic E-state index is 13.1. The summed E-state index contributed by atoms with van der Waals surface area (Å²) in [6.07, 6.45) is 1.48. The monoisotopic (exact) mass is 284 g/mol. The standard InChI is InChI=1S/C13H11ClF2N2O/c1-7(8-2-3-10(15)11(16)4-8)18-13(19)12-5-9(14)6-17-12/h2-7,17H,1H3,(H,18,19). The summed E-state index contributed by atoms with van der Waals surface area (Å²) in [5.41, 5.74) is 0.782. The minimum Gasteiger partial charge on any atom is -0.356 e. The van der Waals surface area contributed by atoms with Crippen LogP contribution in [-0.4, -0.2) is 10.9 Å². The first kappa shape index (κ1) is 13.5. The molecule has 1 heterocycles. The van der Waals surface area contributed by atoms with Gasteiger partial charge in [0.05, 0.1) is 11.1 Å². The predicted octanol–water partition coefficient (Wildman–Crippen LogP) is 3.44. The van der Waals surface area contributed by atoms with Gasteiger partial charge in [0, 0.05) is 6.20 Å². The third-order valence-corrected chi connectivity index (χ3v) is 2.90. The van der Waals surface area contributed by atoms with Gasteiger partial charge in [-0.2, -0.15) is 0 Å². The van der Waals surface area contributed by atoms with Crippen LogP contribution in [0.3, 0.4) is 0 Å². The van der Waals surface area contributed by atoms with E-state index in [-0.39, 0.29) is 5.91 Å². The van der Waals surface area contributed by atoms with Crippen LogP contribution in [0.25, 0.3) is 0 Å². The number of aromatic amines is 1. The molecule has 3 nitrogen and oxygen atoms in total. The first-order valence-electron chi connectivity index (χ1n) is 5.57. The normalized spacial score (nSPS) is 12.2. The van der Waals surface area contributed by atoms with Gasteiger partial charge < -0.3 is 10.3 Å². The average molecular weight is 285 g/mol. The summed E-state index contributed by atoms with van der Waals surface area (Å²) in [4.78, 5) is 14.5. The first-order chi connectivity index (χ1) is 8.97. The van der Waals surface area contributed by atoms with Gasteiger partial charge in [-0.1, -0.05) is 17.7 Å². The Bertz CT molecular complexity index is 612. The first-order valence-corrected chi connectivity index (χ1v) is 5.95. The lowest BCUT2D eigenvalue weighted by atomic mass is 10.1. The van der Waals surface area contributed by atoms with Crippen molar-refractivity contribution in [1.82, 2.24) is 10.3 Å². The van der Waals surface area contributed by atoms with E-state index in [4.69, 9.17) is 11.6 Å². The zero-order valence-corrected chi connectivity index (χ0v) is 10.8. The van der Waals surface area contributed by atoms with Gasteiger partial charge in [0.15, 0.2) is 11.6 Å². The minimum absolute atomic E-state index is 0.305. The van der Waals surface area contributed by atoms with Gasteiger partial charge >= 0.3 is 0 Å². The highest BCUT2D eigenvalue weighted by Crippen LogP contribution is 2.17. The van der Waals surface area contributed by atoms with Crippen molar-refractivity contribution in [2.45, 2.75) is 13.0 Å². The van der Waals surface area contributed by atoms with E-state index in [2.05, 4.69) is 10.3 Å². The molecule has 19 heavy (non-hydrogen) atoms. The minimum atomic E-state index is -0.943. The van der Waals surface area contributed by atoms with E-state index in [1.807, 2.05) is 0 Å². The van der Waals surface area contributed by atoms with Crippen LogP contribution < -0.4 is 5.32 Å². The Hall–Kier alpha value is -1.88. The van der Waals surface area contributed by atoms with E-state index in [0.717, 1.165) is 12.1 Å². The van der Waals surface area contributed by atoms with E-state index < -0.39 is 17.7 Å². The average Bonchev–Trinajstić information content (AvgIpc) is 2.79. The number of nitrogens with one attached hydrogen (secondary N) is 2. The lowest BCUT2D eigenvalue weighted by Crippen LogP contribution is -2.27. The molecule has 2 aromatic rings. The molecule has 6 heteroatoms. The third-order valence-electron chi connectivity index (χ3n) is 2.68. The van der Waals surface area contributed by atoms with Crippen molar-refractivity contribution < 1.29 is 13.6 Å². The summed E-state index contributed by atoms with van der Waals surface area (Å²) in [7, 11) is 0. The largest absolute Gasteiger partial charge is 0.356 e. The SMILES string of the molecule is CC(NC(=O)c1cc(Cl)c[nH]1)c1ccc(F)c(F)c1. The lowest BCUT2D eigenvalue weighted by Gasteiger charge is -2.13. The number of benzene rings is 1. The highest BCUT2D eigenvalue weighted by atomic mass is 35.5. The van der Waals surface area contributed by atoms with Crippen molar-refractivity contribution >= 4 is 17.5 Å². The highest BCUT2D eigenvalue weighted by molar-refractivity contribution is 6.30.